The van der Waals surface area contributed by atoms with E-state index in [0.29, 0.717) is 11.5 Å². The van der Waals surface area contributed by atoms with Crippen LogP contribution in [0.25, 0.3) is 0 Å². The zero-order chi connectivity index (χ0) is 26.9. The third-order valence-electron chi connectivity index (χ3n) is 6.92. The second-order valence-electron chi connectivity index (χ2n) is 14.2. The van der Waals surface area contributed by atoms with E-state index in [1.807, 2.05) is 0 Å². The van der Waals surface area contributed by atoms with Gasteiger partial charge >= 0.3 is 26.7 Å². The van der Waals surface area contributed by atoms with Crippen LogP contribution in [0.15, 0.2) is 24.3 Å². The Morgan fingerprint density at radius 1 is 0.639 bits per heavy atom. The molecule has 0 radical (unpaired) electrons. The van der Waals surface area contributed by atoms with Crippen LogP contribution in [0.3, 0.4) is 0 Å². The molecule has 0 aromatic heterocycles. The Morgan fingerprint density at radius 2 is 0.944 bits per heavy atom. The molecule has 0 unspecified atom stereocenters. The molecule has 0 N–H and O–H groups in total. The minimum Gasteiger partial charge on any atom is -0.736 e. The van der Waals surface area contributed by atoms with Gasteiger partial charge in [-0.15, -0.1) is 0 Å². The van der Waals surface area contributed by atoms with Gasteiger partial charge in [0.2, 0.25) is 0 Å². The van der Waals surface area contributed by atoms with Gasteiger partial charge in [0.15, 0.2) is 0 Å². The van der Waals surface area contributed by atoms with Gasteiger partial charge in [0.05, 0.1) is 0 Å². The van der Waals surface area contributed by atoms with E-state index in [9.17, 15) is 9.46 Å². The summed E-state index contributed by atoms with van der Waals surface area (Å²) in [4.78, 5) is 13.4. The molecule has 1 aliphatic heterocycles. The Labute approximate surface area is 231 Å². The Balaban J connectivity index is 0.00000456. The summed E-state index contributed by atoms with van der Waals surface area (Å²) in [6.45, 7) is 27.7. The fraction of sp³-hybridized carbons (Fsp3) is 0.600. The molecule has 0 fully saturated rings. The van der Waals surface area contributed by atoms with Crippen molar-refractivity contribution in [2.24, 2.45) is 0 Å². The number of hydrogen-bond acceptors (Lipinski definition) is 4. The molecule has 0 aliphatic carbocycles. The van der Waals surface area contributed by atoms with Crippen LogP contribution in [0, 0.1) is 0 Å². The Morgan fingerprint density at radius 3 is 1.19 bits per heavy atom. The van der Waals surface area contributed by atoms with E-state index >= 15 is 0 Å². The molecule has 0 spiro atoms. The summed E-state index contributed by atoms with van der Waals surface area (Å²) in [7, 11) is -4.70. The second-order valence-corrected chi connectivity index (χ2v) is 15.5. The van der Waals surface area contributed by atoms with Crippen LogP contribution >= 0.6 is 7.82 Å². The van der Waals surface area contributed by atoms with E-state index in [-0.39, 0.29) is 46.4 Å². The van der Waals surface area contributed by atoms with Crippen LogP contribution in [0.4, 0.5) is 0 Å². The minimum absolute atomic E-state index is 0. The van der Waals surface area contributed by atoms with Crippen molar-refractivity contribution >= 4 is 7.82 Å². The fourth-order valence-electron chi connectivity index (χ4n) is 4.54. The summed E-state index contributed by atoms with van der Waals surface area (Å²) in [6, 6.07) is 8.45. The third kappa shape index (κ3) is 6.27. The fourth-order valence-corrected chi connectivity index (χ4v) is 5.43. The summed E-state index contributed by atoms with van der Waals surface area (Å²) in [5.41, 5.74) is 4.96. The predicted octanol–water partition coefficient (Wildman–Crippen LogP) is 5.27. The number of benzene rings is 2. The molecule has 194 valence electrons. The molecule has 0 bridgehead atoms. The molecule has 0 amide bonds. The first-order valence-electron chi connectivity index (χ1n) is 12.6. The van der Waals surface area contributed by atoms with Crippen LogP contribution in [0.2, 0.25) is 0 Å². The van der Waals surface area contributed by atoms with Crippen molar-refractivity contribution < 1.29 is 37.4 Å². The first kappa shape index (κ1) is 31.0. The molecule has 2 aromatic carbocycles. The van der Waals surface area contributed by atoms with Crippen LogP contribution in [-0.4, -0.2) is 0 Å². The van der Waals surface area contributed by atoms with Crippen molar-refractivity contribution in [1.29, 1.82) is 0 Å². The molecule has 2 aromatic rings. The molecule has 4 nitrogen and oxygen atoms in total. The number of fused-ring (bicyclic) bond motifs is 2. The van der Waals surface area contributed by atoms with Crippen molar-refractivity contribution in [2.75, 3.05) is 0 Å². The number of phosphoric ester groups is 1. The Kier molecular flexibility index (Phi) is 8.22. The summed E-state index contributed by atoms with van der Waals surface area (Å²) < 4.78 is 25.0. The summed E-state index contributed by atoms with van der Waals surface area (Å²) in [6.07, 6.45) is 0. The average molecular weight is 507 g/mol. The third-order valence-corrected chi connectivity index (χ3v) is 7.73. The van der Waals surface area contributed by atoms with Gasteiger partial charge < -0.3 is 13.9 Å². The topological polar surface area (TPSA) is 58.6 Å². The van der Waals surface area contributed by atoms with Crippen molar-refractivity contribution in [3.8, 4) is 11.5 Å². The summed E-state index contributed by atoms with van der Waals surface area (Å²) >= 11 is 0. The molecule has 0 saturated carbocycles. The number of phosphoric acid groups is 1. The van der Waals surface area contributed by atoms with E-state index < -0.39 is 7.82 Å². The molecule has 0 saturated heterocycles. The van der Waals surface area contributed by atoms with Gasteiger partial charge in [0, 0.05) is 28.2 Å². The van der Waals surface area contributed by atoms with Gasteiger partial charge in [-0.3, -0.25) is 0 Å². The Bertz CT molecular complexity index is 1100. The summed E-state index contributed by atoms with van der Waals surface area (Å²) in [5.74, 6) is 0.674. The summed E-state index contributed by atoms with van der Waals surface area (Å²) in [5, 5.41) is 0. The van der Waals surface area contributed by atoms with Crippen LogP contribution in [-0.2, 0) is 26.2 Å². The van der Waals surface area contributed by atoms with Gasteiger partial charge in [0.25, 0.3) is 0 Å². The number of rotatable bonds is 0. The van der Waals surface area contributed by atoms with E-state index in [1.54, 1.807) is 0 Å². The molecule has 36 heavy (non-hydrogen) atoms. The zero-order valence-electron chi connectivity index (χ0n) is 25.0. The monoisotopic (exact) mass is 506 g/mol. The van der Waals surface area contributed by atoms with E-state index in [2.05, 4.69) is 114 Å². The first-order valence-corrected chi connectivity index (χ1v) is 14.1. The van der Waals surface area contributed by atoms with Crippen LogP contribution in [0.1, 0.15) is 129 Å². The SMILES string of the molecule is CC1c2cc(C(C)(C)C)cc(C(C)(C)C)c2OP(=O)([O-])Oc2c1cc(C(C)(C)C)cc2C(C)(C)C.[Li+]. The van der Waals surface area contributed by atoms with E-state index in [4.69, 9.17) is 9.05 Å². The van der Waals surface area contributed by atoms with Gasteiger partial charge in [-0.05, 0) is 32.8 Å². The molecular formula is C30H44LiO4P. The van der Waals surface area contributed by atoms with Gasteiger partial charge in [-0.1, -0.05) is 114 Å². The van der Waals surface area contributed by atoms with Gasteiger partial charge in [0.1, 0.15) is 11.5 Å². The second kappa shape index (κ2) is 9.54. The predicted molar refractivity (Wildman–Crippen MR) is 144 cm³/mol. The van der Waals surface area contributed by atoms with Crippen molar-refractivity contribution in [2.45, 2.75) is 118 Å². The van der Waals surface area contributed by atoms with Crippen LogP contribution in [0.5, 0.6) is 11.5 Å². The maximum atomic E-state index is 13.4. The van der Waals surface area contributed by atoms with Crippen molar-refractivity contribution in [3.63, 3.8) is 0 Å². The van der Waals surface area contributed by atoms with E-state index in [0.717, 1.165) is 33.4 Å². The van der Waals surface area contributed by atoms with E-state index in [1.165, 1.54) is 0 Å². The maximum absolute atomic E-state index is 13.4. The molecular weight excluding hydrogens is 462 g/mol. The standard InChI is InChI=1S/C30H45O4P.Li/c1-18-21-14-19(27(2,3)4)16-23(29(8,9)10)25(21)33-35(31,32)34-26-22(18)15-20(28(5,6)7)17-24(26)30(11,12)13;/h14-18H,1-13H3,(H,31,32);/q;+1/p-1. The van der Waals surface area contributed by atoms with Crippen molar-refractivity contribution in [1.82, 2.24) is 0 Å². The largest absolute Gasteiger partial charge is 1.00 e. The smallest absolute Gasteiger partial charge is 0.736 e. The van der Waals surface area contributed by atoms with Crippen molar-refractivity contribution in [3.05, 3.63) is 57.6 Å². The van der Waals surface area contributed by atoms with Gasteiger partial charge in [-0.2, -0.15) is 0 Å². The van der Waals surface area contributed by atoms with Crippen LogP contribution < -0.4 is 32.8 Å². The molecule has 3 rings (SSSR count). The zero-order valence-corrected chi connectivity index (χ0v) is 25.9. The maximum Gasteiger partial charge on any atom is 1.00 e. The normalized spacial score (nSPS) is 20.7. The average Bonchev–Trinajstić information content (AvgIpc) is 2.62. The number of hydrogen-bond donors (Lipinski definition) is 0. The molecule has 1 heterocycles. The molecule has 0 atom stereocenters. The molecule has 1 aliphatic rings. The van der Waals surface area contributed by atoms with Gasteiger partial charge in [-0.25, -0.2) is 4.57 Å². The quantitative estimate of drug-likeness (QED) is 0.361. The first-order chi connectivity index (χ1) is 15.5. The minimum atomic E-state index is -4.70. The Hall–Kier alpha value is -1.17. The molecule has 6 heteroatoms.